The number of hydrogen-bond donors (Lipinski definition) is 3. The van der Waals surface area contributed by atoms with E-state index in [0.29, 0.717) is 19.4 Å². The molecular formula is C9H18N4O2. The van der Waals surface area contributed by atoms with Crippen molar-refractivity contribution in [2.45, 2.75) is 26.2 Å². The van der Waals surface area contributed by atoms with Crippen molar-refractivity contribution >= 4 is 17.5 Å². The van der Waals surface area contributed by atoms with Crippen molar-refractivity contribution in [3.05, 3.63) is 0 Å². The highest BCUT2D eigenvalue weighted by molar-refractivity contribution is 6.34. The first-order valence-corrected chi connectivity index (χ1v) is 4.81. The zero-order valence-corrected chi connectivity index (χ0v) is 9.17. The molecule has 0 bridgehead atoms. The fraction of sp³-hybridized carbons (Fsp3) is 0.667. The maximum absolute atomic E-state index is 11.2. The number of hydrazine groups is 1. The lowest BCUT2D eigenvalue weighted by Crippen LogP contribution is -2.44. The normalized spacial score (nSPS) is 9.73. The number of carbonyl (C=O) groups excluding carboxylic acids is 2. The van der Waals surface area contributed by atoms with Gasteiger partial charge in [-0.25, -0.2) is 5.43 Å². The van der Waals surface area contributed by atoms with Crippen molar-refractivity contribution in [2.75, 3.05) is 13.6 Å². The van der Waals surface area contributed by atoms with Gasteiger partial charge in [-0.1, -0.05) is 0 Å². The second-order valence-corrected chi connectivity index (χ2v) is 3.22. The third-order valence-electron chi connectivity index (χ3n) is 1.89. The maximum Gasteiger partial charge on any atom is 0.303 e. The first-order valence-electron chi connectivity index (χ1n) is 4.81. The monoisotopic (exact) mass is 214 g/mol. The number of Topliss-reactive ketones (excluding diaryl/α,β-unsaturated/α-hetero) is 1. The number of unbranched alkanes of at least 4 members (excludes halogenated alkanes) is 1. The minimum absolute atomic E-state index is 0.143. The minimum atomic E-state index is -0.541. The Balaban J connectivity index is 3.85. The van der Waals surface area contributed by atoms with Crippen LogP contribution in [0.1, 0.15) is 26.2 Å². The summed E-state index contributed by atoms with van der Waals surface area (Å²) in [4.78, 5) is 22.0. The number of nitrogens with two attached hydrogens (primary N) is 1. The number of amides is 1. The summed E-state index contributed by atoms with van der Waals surface area (Å²) in [6.07, 6.45) is 1.96. The average molecular weight is 214 g/mol. The van der Waals surface area contributed by atoms with Crippen LogP contribution in [0.25, 0.3) is 0 Å². The molecule has 6 heteroatoms. The summed E-state index contributed by atoms with van der Waals surface area (Å²) in [5.41, 5.74) is 7.83. The molecule has 6 nitrogen and oxygen atoms in total. The lowest BCUT2D eigenvalue weighted by molar-refractivity contribution is -0.145. The van der Waals surface area contributed by atoms with Gasteiger partial charge in [-0.15, -0.1) is 0 Å². The van der Waals surface area contributed by atoms with E-state index in [1.54, 1.807) is 7.05 Å². The Kier molecular flexibility index (Phi) is 6.28. The third-order valence-corrected chi connectivity index (χ3v) is 1.89. The van der Waals surface area contributed by atoms with E-state index in [1.807, 2.05) is 0 Å². The summed E-state index contributed by atoms with van der Waals surface area (Å²) in [5.74, 6) is -0.889. The summed E-state index contributed by atoms with van der Waals surface area (Å²) >= 11 is 0. The number of rotatable bonds is 7. The fourth-order valence-electron chi connectivity index (χ4n) is 1.09. The maximum atomic E-state index is 11.2. The lowest BCUT2D eigenvalue weighted by Gasteiger charge is -2.19. The van der Waals surface area contributed by atoms with Gasteiger partial charge in [0.2, 0.25) is 5.78 Å². The van der Waals surface area contributed by atoms with Crippen LogP contribution >= 0.6 is 0 Å². The molecule has 0 aromatic rings. The molecule has 4 N–H and O–H groups in total. The molecule has 0 aliphatic carbocycles. The van der Waals surface area contributed by atoms with Crippen molar-refractivity contribution in [2.24, 2.45) is 5.73 Å². The predicted octanol–water partition coefficient (Wildman–Crippen LogP) is -0.355. The van der Waals surface area contributed by atoms with E-state index in [-0.39, 0.29) is 5.84 Å². The average Bonchev–Trinajstić information content (AvgIpc) is 2.16. The molecule has 0 aromatic heterocycles. The number of nitrogens with one attached hydrogen (secondary N) is 2. The molecule has 0 heterocycles. The van der Waals surface area contributed by atoms with E-state index in [1.165, 1.54) is 11.9 Å². The van der Waals surface area contributed by atoms with Gasteiger partial charge in [-0.05, 0) is 12.8 Å². The first-order chi connectivity index (χ1) is 6.99. The fourth-order valence-corrected chi connectivity index (χ4v) is 1.09. The molecular weight excluding hydrogens is 196 g/mol. The molecule has 0 spiro atoms. The Labute approximate surface area is 89.3 Å². The lowest BCUT2D eigenvalue weighted by atomic mass is 10.2. The van der Waals surface area contributed by atoms with Crippen LogP contribution in [0, 0.1) is 5.41 Å². The molecule has 0 saturated heterocycles. The minimum Gasteiger partial charge on any atom is -0.388 e. The number of hydrogen-bond acceptors (Lipinski definition) is 4. The van der Waals surface area contributed by atoms with Gasteiger partial charge in [0.1, 0.15) is 0 Å². The van der Waals surface area contributed by atoms with Gasteiger partial charge in [0.05, 0.1) is 5.84 Å². The number of amidine groups is 1. The highest BCUT2D eigenvalue weighted by atomic mass is 16.2. The number of carbonyl (C=O) groups is 2. The standard InChI is InChI=1S/C9H18N4O2/c1-7(14)9(15)13(12-2)6-4-3-5-8(10)11/h12H,3-6H2,1-2H3,(H3,10,11). The Morgan fingerprint density at radius 2 is 2.00 bits per heavy atom. The largest absolute Gasteiger partial charge is 0.388 e. The number of ketones is 1. The SMILES string of the molecule is CNN(CCCCC(=N)N)C(=O)C(C)=O. The van der Waals surface area contributed by atoms with Crippen LogP contribution in [0.2, 0.25) is 0 Å². The van der Waals surface area contributed by atoms with Crippen LogP contribution in [0.4, 0.5) is 0 Å². The van der Waals surface area contributed by atoms with Crippen LogP contribution in [-0.4, -0.2) is 36.1 Å². The van der Waals surface area contributed by atoms with Crippen molar-refractivity contribution in [3.8, 4) is 0 Å². The van der Waals surface area contributed by atoms with Gasteiger partial charge in [0, 0.05) is 26.9 Å². The Bertz CT molecular complexity index is 252. The molecule has 0 aliphatic heterocycles. The predicted molar refractivity (Wildman–Crippen MR) is 57.2 cm³/mol. The number of nitrogens with zero attached hydrogens (tertiary/aromatic N) is 1. The van der Waals surface area contributed by atoms with E-state index in [4.69, 9.17) is 11.1 Å². The molecule has 15 heavy (non-hydrogen) atoms. The molecule has 0 fully saturated rings. The van der Waals surface area contributed by atoms with E-state index in [0.717, 1.165) is 6.42 Å². The van der Waals surface area contributed by atoms with Crippen LogP contribution in [-0.2, 0) is 9.59 Å². The Morgan fingerprint density at radius 3 is 2.40 bits per heavy atom. The van der Waals surface area contributed by atoms with Crippen LogP contribution < -0.4 is 11.2 Å². The van der Waals surface area contributed by atoms with Crippen molar-refractivity contribution in [3.63, 3.8) is 0 Å². The van der Waals surface area contributed by atoms with Crippen molar-refractivity contribution < 1.29 is 9.59 Å². The van der Waals surface area contributed by atoms with Crippen LogP contribution in [0.5, 0.6) is 0 Å². The van der Waals surface area contributed by atoms with Gasteiger partial charge in [0.25, 0.3) is 0 Å². The molecule has 0 unspecified atom stereocenters. The van der Waals surface area contributed by atoms with Gasteiger partial charge in [0.15, 0.2) is 0 Å². The zero-order valence-electron chi connectivity index (χ0n) is 9.17. The topological polar surface area (TPSA) is 99.3 Å². The smallest absolute Gasteiger partial charge is 0.303 e. The Hall–Kier alpha value is -1.43. The molecule has 0 aliphatic rings. The van der Waals surface area contributed by atoms with Crippen LogP contribution in [0.3, 0.4) is 0 Å². The molecule has 86 valence electrons. The highest BCUT2D eigenvalue weighted by Crippen LogP contribution is 1.97. The van der Waals surface area contributed by atoms with E-state index >= 15 is 0 Å². The second-order valence-electron chi connectivity index (χ2n) is 3.22. The molecule has 0 aromatic carbocycles. The van der Waals surface area contributed by atoms with E-state index in [9.17, 15) is 9.59 Å². The molecule has 0 atom stereocenters. The van der Waals surface area contributed by atoms with Gasteiger partial charge in [-0.3, -0.25) is 20.0 Å². The Morgan fingerprint density at radius 1 is 1.40 bits per heavy atom. The highest BCUT2D eigenvalue weighted by Gasteiger charge is 2.15. The van der Waals surface area contributed by atoms with Crippen molar-refractivity contribution in [1.29, 1.82) is 5.41 Å². The first kappa shape index (κ1) is 13.6. The third kappa shape index (κ3) is 5.79. The summed E-state index contributed by atoms with van der Waals surface area (Å²) in [6, 6.07) is 0. The van der Waals surface area contributed by atoms with Gasteiger partial charge >= 0.3 is 5.91 Å². The summed E-state index contributed by atoms with van der Waals surface area (Å²) < 4.78 is 0. The summed E-state index contributed by atoms with van der Waals surface area (Å²) in [5, 5.41) is 8.27. The summed E-state index contributed by atoms with van der Waals surface area (Å²) in [7, 11) is 1.59. The molecule has 1 amide bonds. The van der Waals surface area contributed by atoms with Crippen LogP contribution in [0.15, 0.2) is 0 Å². The van der Waals surface area contributed by atoms with E-state index < -0.39 is 11.7 Å². The second kappa shape index (κ2) is 6.94. The molecule has 0 radical (unpaired) electrons. The van der Waals surface area contributed by atoms with Crippen molar-refractivity contribution in [1.82, 2.24) is 10.4 Å². The molecule has 0 rings (SSSR count). The van der Waals surface area contributed by atoms with Gasteiger partial charge in [-0.2, -0.15) is 0 Å². The van der Waals surface area contributed by atoms with Gasteiger partial charge < -0.3 is 5.73 Å². The zero-order chi connectivity index (χ0) is 11.8. The van der Waals surface area contributed by atoms with E-state index in [2.05, 4.69) is 5.43 Å². The molecule has 0 saturated carbocycles. The summed E-state index contributed by atoms with van der Waals surface area (Å²) in [6.45, 7) is 1.68. The quantitative estimate of drug-likeness (QED) is 0.177.